The topological polar surface area (TPSA) is 101 Å². The fourth-order valence-corrected chi connectivity index (χ4v) is 11.0. The number of hydrogen-bond acceptors (Lipinski definition) is 8. The minimum atomic E-state index is -2.81. The van der Waals surface area contributed by atoms with Crippen molar-refractivity contribution in [2.75, 3.05) is 33.2 Å². The van der Waals surface area contributed by atoms with E-state index in [-0.39, 0.29) is 0 Å². The van der Waals surface area contributed by atoms with Crippen molar-refractivity contribution >= 4 is 31.8 Å². The second-order valence-electron chi connectivity index (χ2n) is 7.20. The van der Waals surface area contributed by atoms with Crippen molar-refractivity contribution in [1.29, 1.82) is 0 Å². The minimum absolute atomic E-state index is 0.375. The molecule has 0 unspecified atom stereocenters. The minimum Gasteiger partial charge on any atom is -0.352 e. The van der Waals surface area contributed by atoms with E-state index in [9.17, 15) is 9.13 Å². The summed E-state index contributed by atoms with van der Waals surface area (Å²) >= 11 is 0. The highest BCUT2D eigenvalue weighted by Gasteiger charge is 2.32. The fraction of sp³-hybridized carbons (Fsp3) is 1.00. The van der Waals surface area contributed by atoms with Crippen molar-refractivity contribution in [3.05, 3.63) is 0 Å². The normalized spacial score (nSPS) is 12.6. The zero-order valence-corrected chi connectivity index (χ0v) is 22.1. The summed E-state index contributed by atoms with van der Waals surface area (Å²) in [7, 11) is -9.02. The van der Waals surface area contributed by atoms with Gasteiger partial charge in [0.05, 0.1) is 19.8 Å². The molecule has 0 fully saturated rings. The summed E-state index contributed by atoms with van der Waals surface area (Å²) < 4.78 is 43.5. The van der Waals surface area contributed by atoms with E-state index in [2.05, 4.69) is 4.89 Å². The van der Waals surface area contributed by atoms with Crippen LogP contribution in [0.25, 0.3) is 0 Å². The first kappa shape index (κ1) is 31.4. The lowest BCUT2D eigenvalue weighted by Gasteiger charge is -2.28. The van der Waals surface area contributed by atoms with Crippen LogP contribution in [0.15, 0.2) is 0 Å². The maximum absolute atomic E-state index is 11.9. The monoisotopic (exact) mass is 454 g/mol. The third kappa shape index (κ3) is 29.4. The van der Waals surface area contributed by atoms with E-state index < -0.39 is 31.8 Å². The van der Waals surface area contributed by atoms with Crippen molar-refractivity contribution in [3.63, 3.8) is 0 Å². The fourth-order valence-electron chi connectivity index (χ4n) is 1.52. The molecule has 0 aliphatic carbocycles. The van der Waals surface area contributed by atoms with Crippen LogP contribution < -0.4 is 0 Å². The molecule has 0 bridgehead atoms. The SMILES string of the molecule is CCOO.CCOP(C)(=O)OCC.C[Si](C)(C)OP(C)(=O)O[Si](C)(C)C. The first-order chi connectivity index (χ1) is 11.4. The summed E-state index contributed by atoms with van der Waals surface area (Å²) in [6.07, 6.45) is 0. The molecule has 0 aliphatic rings. The van der Waals surface area contributed by atoms with E-state index in [4.69, 9.17) is 22.7 Å². The number of hydrogen-bond donors (Lipinski definition) is 1. The third-order valence-electron chi connectivity index (χ3n) is 1.74. The Hall–Kier alpha value is 0.654. The summed E-state index contributed by atoms with van der Waals surface area (Å²) in [4.78, 5) is 3.54. The van der Waals surface area contributed by atoms with E-state index in [1.165, 1.54) is 6.66 Å². The lowest BCUT2D eigenvalue weighted by molar-refractivity contribution is -0.237. The molecule has 0 aliphatic heterocycles. The van der Waals surface area contributed by atoms with Crippen molar-refractivity contribution in [2.45, 2.75) is 60.1 Å². The van der Waals surface area contributed by atoms with Gasteiger partial charge >= 0.3 is 15.2 Å². The lowest BCUT2D eigenvalue weighted by atomic mass is 10.9. The smallest absolute Gasteiger partial charge is 0.327 e. The van der Waals surface area contributed by atoms with Crippen LogP contribution in [0.4, 0.5) is 0 Å². The van der Waals surface area contributed by atoms with E-state index in [1.54, 1.807) is 27.4 Å². The first-order valence-electron chi connectivity index (χ1n) is 8.57. The summed E-state index contributed by atoms with van der Waals surface area (Å²) in [6.45, 7) is 21.6. The highest BCUT2D eigenvalue weighted by molar-refractivity contribution is 7.56. The summed E-state index contributed by atoms with van der Waals surface area (Å²) in [5.41, 5.74) is 0. The predicted octanol–water partition coefficient (Wildman–Crippen LogP) is 5.89. The molecular weight excluding hydrogens is 414 g/mol. The van der Waals surface area contributed by atoms with Gasteiger partial charge in [0.2, 0.25) is 0 Å². The Bertz CT molecular complexity index is 404. The second-order valence-corrected chi connectivity index (χ2v) is 20.7. The van der Waals surface area contributed by atoms with Crippen LogP contribution in [-0.2, 0) is 31.5 Å². The van der Waals surface area contributed by atoms with Crippen LogP contribution in [0, 0.1) is 0 Å². The average molecular weight is 455 g/mol. The molecule has 12 heteroatoms. The van der Waals surface area contributed by atoms with Crippen LogP contribution in [-0.4, -0.2) is 55.0 Å². The molecule has 0 heterocycles. The zero-order chi connectivity index (χ0) is 21.7. The number of rotatable bonds is 9. The third-order valence-corrected chi connectivity index (χ3v) is 10.2. The quantitative estimate of drug-likeness (QED) is 0.199. The molecule has 0 aromatic heterocycles. The standard InChI is InChI=1S/C7H21O3PSi2.C5H13O3P.C2H6O2/c1-11(8,9-12(2,3)4)10-13(5,6)7;1-4-7-9(3,6)8-5-2;1-2-4-3/h1-7H3;4-5H2,1-3H3;3H,2H2,1H3. The van der Waals surface area contributed by atoms with Gasteiger partial charge in [-0.1, -0.05) is 0 Å². The van der Waals surface area contributed by atoms with Crippen molar-refractivity contribution in [2.24, 2.45) is 0 Å². The molecule has 0 radical (unpaired) electrons. The van der Waals surface area contributed by atoms with Crippen molar-refractivity contribution in [1.82, 2.24) is 0 Å². The largest absolute Gasteiger partial charge is 0.352 e. The Balaban J connectivity index is -0.000000352. The van der Waals surface area contributed by atoms with E-state index in [1.807, 2.05) is 39.3 Å². The highest BCUT2D eigenvalue weighted by atomic mass is 31.2. The molecule has 8 nitrogen and oxygen atoms in total. The summed E-state index contributed by atoms with van der Waals surface area (Å²) in [5, 5.41) is 7.38. The molecule has 0 aromatic rings. The van der Waals surface area contributed by atoms with Crippen LogP contribution in [0.1, 0.15) is 20.8 Å². The molecule has 162 valence electrons. The summed E-state index contributed by atoms with van der Waals surface area (Å²) in [6, 6.07) is 0. The molecule has 0 amide bonds. The second kappa shape index (κ2) is 14.6. The van der Waals surface area contributed by atoms with Gasteiger partial charge in [-0.15, -0.1) is 0 Å². The van der Waals surface area contributed by atoms with Gasteiger partial charge in [-0.05, 0) is 60.1 Å². The van der Waals surface area contributed by atoms with Gasteiger partial charge in [0.15, 0.2) is 16.6 Å². The molecule has 0 aromatic carbocycles. The molecule has 0 rings (SSSR count). The van der Waals surface area contributed by atoms with Gasteiger partial charge in [0.25, 0.3) is 0 Å². The Labute approximate surface area is 162 Å². The molecule has 0 saturated carbocycles. The molecular formula is C14H40O8P2Si2. The van der Waals surface area contributed by atoms with Gasteiger partial charge in [-0.25, -0.2) is 4.89 Å². The summed E-state index contributed by atoms with van der Waals surface area (Å²) in [5.74, 6) is 0. The molecule has 0 spiro atoms. The Morgan fingerprint density at radius 3 is 1.12 bits per heavy atom. The van der Waals surface area contributed by atoms with Crippen LogP contribution in [0.5, 0.6) is 0 Å². The van der Waals surface area contributed by atoms with Crippen LogP contribution in [0.2, 0.25) is 39.3 Å². The Morgan fingerprint density at radius 2 is 0.962 bits per heavy atom. The lowest BCUT2D eigenvalue weighted by Crippen LogP contribution is -2.29. The van der Waals surface area contributed by atoms with E-state index in [0.717, 1.165) is 0 Å². The van der Waals surface area contributed by atoms with E-state index in [0.29, 0.717) is 19.8 Å². The Morgan fingerprint density at radius 1 is 0.692 bits per heavy atom. The van der Waals surface area contributed by atoms with Gasteiger partial charge in [-0.2, -0.15) is 0 Å². The maximum atomic E-state index is 11.9. The molecule has 0 atom stereocenters. The average Bonchev–Trinajstić information content (AvgIpc) is 2.33. The maximum Gasteiger partial charge on any atom is 0.327 e. The van der Waals surface area contributed by atoms with Crippen LogP contribution >= 0.6 is 15.2 Å². The van der Waals surface area contributed by atoms with Gasteiger partial charge in [-0.3, -0.25) is 14.4 Å². The van der Waals surface area contributed by atoms with Crippen LogP contribution in [0.3, 0.4) is 0 Å². The zero-order valence-electron chi connectivity index (χ0n) is 18.3. The first-order valence-corrected chi connectivity index (χ1v) is 19.4. The van der Waals surface area contributed by atoms with Gasteiger partial charge in [0, 0.05) is 13.3 Å². The van der Waals surface area contributed by atoms with Crippen molar-refractivity contribution in [3.8, 4) is 0 Å². The highest BCUT2D eigenvalue weighted by Crippen LogP contribution is 2.49. The Kier molecular flexibility index (Phi) is 17.6. The molecule has 1 N–H and O–H groups in total. The van der Waals surface area contributed by atoms with Crippen molar-refractivity contribution < 1.29 is 36.7 Å². The van der Waals surface area contributed by atoms with E-state index >= 15 is 0 Å². The van der Waals surface area contributed by atoms with Gasteiger partial charge in [0.1, 0.15) is 0 Å². The predicted molar refractivity (Wildman–Crippen MR) is 113 cm³/mol. The molecule has 0 saturated heterocycles. The van der Waals surface area contributed by atoms with Gasteiger partial charge < -0.3 is 17.5 Å². The molecule has 26 heavy (non-hydrogen) atoms.